The Kier molecular flexibility index (Phi) is 5.90. The molecule has 0 amide bonds. The van der Waals surface area contributed by atoms with Crippen molar-refractivity contribution >= 4 is 29.1 Å². The number of ether oxygens (including phenoxy) is 1. The van der Waals surface area contributed by atoms with Crippen molar-refractivity contribution in [1.29, 1.82) is 0 Å². The van der Waals surface area contributed by atoms with E-state index in [0.29, 0.717) is 28.5 Å². The van der Waals surface area contributed by atoms with Crippen molar-refractivity contribution in [3.8, 4) is 5.75 Å². The Morgan fingerprint density at radius 2 is 1.75 bits per heavy atom. The van der Waals surface area contributed by atoms with Gasteiger partial charge in [-0.3, -0.25) is 4.79 Å². The van der Waals surface area contributed by atoms with Gasteiger partial charge >= 0.3 is 5.97 Å². The lowest BCUT2D eigenvalue weighted by Crippen LogP contribution is -2.47. The van der Waals surface area contributed by atoms with Crippen LogP contribution in [0.4, 0.5) is 0 Å². The van der Waals surface area contributed by atoms with Crippen LogP contribution in [-0.2, 0) is 4.79 Å². The minimum atomic E-state index is -0.413. The van der Waals surface area contributed by atoms with Crippen LogP contribution in [0.15, 0.2) is 65.9 Å². The molecule has 0 radical (unpaired) electrons. The van der Waals surface area contributed by atoms with Crippen molar-refractivity contribution in [2.24, 2.45) is 0 Å². The number of esters is 1. The molecule has 0 aromatic heterocycles. The molecule has 144 valence electrons. The molecule has 0 saturated heterocycles. The minimum Gasteiger partial charge on any atom is -0.423 e. The van der Waals surface area contributed by atoms with Crippen LogP contribution in [0.1, 0.15) is 42.7 Å². The number of carbonyl (C=O) groups excluding carboxylic acids is 2. The average Bonchev–Trinajstić information content (AvgIpc) is 2.68. The molecule has 5 nitrogen and oxygen atoms in total. The lowest BCUT2D eigenvalue weighted by molar-refractivity contribution is -0.114. The zero-order valence-corrected chi connectivity index (χ0v) is 16.9. The van der Waals surface area contributed by atoms with Crippen LogP contribution in [0.3, 0.4) is 0 Å². The van der Waals surface area contributed by atoms with E-state index in [-0.39, 0.29) is 11.8 Å². The summed E-state index contributed by atoms with van der Waals surface area (Å²) < 4.78 is 5.42. The molecule has 1 aliphatic rings. The summed E-state index contributed by atoms with van der Waals surface area (Å²) in [4.78, 5) is 26.4. The number of allylic oxidation sites excluding steroid dienone is 1. The first-order valence-corrected chi connectivity index (χ1v) is 9.50. The second kappa shape index (κ2) is 8.35. The van der Waals surface area contributed by atoms with E-state index in [1.165, 1.54) is 0 Å². The van der Waals surface area contributed by atoms with Gasteiger partial charge in [0.2, 0.25) is 0 Å². The van der Waals surface area contributed by atoms with Gasteiger partial charge in [0, 0.05) is 17.8 Å². The van der Waals surface area contributed by atoms with Crippen LogP contribution in [0.25, 0.3) is 0 Å². The van der Waals surface area contributed by atoms with Gasteiger partial charge in [0.25, 0.3) is 0 Å². The molecular formula is C22H22N2O3S. The molecule has 2 aromatic carbocycles. The second-order valence-electron chi connectivity index (χ2n) is 6.51. The number of hydrogen-bond acceptors (Lipinski definition) is 4. The van der Waals surface area contributed by atoms with Crippen molar-refractivity contribution in [3.63, 3.8) is 0 Å². The Labute approximate surface area is 170 Å². The number of carbonyl (C=O) groups is 2. The van der Waals surface area contributed by atoms with E-state index in [0.717, 1.165) is 11.3 Å². The minimum absolute atomic E-state index is 0.00414. The highest BCUT2D eigenvalue weighted by Crippen LogP contribution is 2.31. The normalized spacial score (nSPS) is 16.6. The third-order valence-electron chi connectivity index (χ3n) is 4.73. The molecule has 0 bridgehead atoms. The van der Waals surface area contributed by atoms with Gasteiger partial charge < -0.3 is 15.0 Å². The molecule has 0 aliphatic carbocycles. The van der Waals surface area contributed by atoms with Crippen LogP contribution in [0.5, 0.6) is 5.75 Å². The third kappa shape index (κ3) is 3.97. The van der Waals surface area contributed by atoms with Crippen LogP contribution < -0.4 is 10.1 Å². The Hall–Kier alpha value is -2.99. The van der Waals surface area contributed by atoms with E-state index in [4.69, 9.17) is 17.0 Å². The van der Waals surface area contributed by atoms with Crippen molar-refractivity contribution in [1.82, 2.24) is 10.2 Å². The van der Waals surface area contributed by atoms with Crippen molar-refractivity contribution in [2.45, 2.75) is 26.8 Å². The Morgan fingerprint density at radius 1 is 1.11 bits per heavy atom. The first kappa shape index (κ1) is 19.8. The number of ketones is 1. The largest absolute Gasteiger partial charge is 0.423 e. The van der Waals surface area contributed by atoms with Gasteiger partial charge in [0.05, 0.1) is 11.6 Å². The number of nitrogens with one attached hydrogen (secondary N) is 1. The van der Waals surface area contributed by atoms with Crippen molar-refractivity contribution in [2.75, 3.05) is 6.54 Å². The van der Waals surface area contributed by atoms with Gasteiger partial charge in [-0.05, 0) is 62.8 Å². The van der Waals surface area contributed by atoms with Gasteiger partial charge in [-0.1, -0.05) is 30.3 Å². The maximum absolute atomic E-state index is 12.3. The molecule has 6 heteroatoms. The summed E-state index contributed by atoms with van der Waals surface area (Å²) in [5, 5.41) is 3.84. The lowest BCUT2D eigenvalue weighted by Gasteiger charge is -2.37. The predicted molar refractivity (Wildman–Crippen MR) is 112 cm³/mol. The van der Waals surface area contributed by atoms with Crippen LogP contribution in [0.2, 0.25) is 0 Å². The molecule has 2 aromatic rings. The van der Waals surface area contributed by atoms with E-state index in [1.807, 2.05) is 36.9 Å². The van der Waals surface area contributed by atoms with E-state index < -0.39 is 5.97 Å². The molecule has 1 heterocycles. The van der Waals surface area contributed by atoms with Gasteiger partial charge in [0.1, 0.15) is 5.75 Å². The molecule has 0 fully saturated rings. The first-order chi connectivity index (χ1) is 13.4. The zero-order valence-electron chi connectivity index (χ0n) is 16.1. The molecule has 1 atom stereocenters. The first-order valence-electron chi connectivity index (χ1n) is 9.09. The Morgan fingerprint density at radius 3 is 2.32 bits per heavy atom. The molecule has 1 aliphatic heterocycles. The number of benzene rings is 2. The van der Waals surface area contributed by atoms with Crippen LogP contribution in [0, 0.1) is 0 Å². The van der Waals surface area contributed by atoms with Crippen LogP contribution in [-0.4, -0.2) is 28.3 Å². The van der Waals surface area contributed by atoms with E-state index in [9.17, 15) is 9.59 Å². The smallest absolute Gasteiger partial charge is 0.343 e. The number of Topliss-reactive ketones (excluding diaryl/α,β-unsaturated/α-hetero) is 1. The van der Waals surface area contributed by atoms with Gasteiger partial charge in [-0.25, -0.2) is 4.79 Å². The highest BCUT2D eigenvalue weighted by Gasteiger charge is 2.31. The van der Waals surface area contributed by atoms with E-state index in [1.54, 1.807) is 43.3 Å². The molecule has 3 rings (SSSR count). The quantitative estimate of drug-likeness (QED) is 0.470. The number of thiocarbonyl (C=S) groups is 1. The monoisotopic (exact) mass is 394 g/mol. The molecule has 1 unspecified atom stereocenters. The maximum atomic E-state index is 12.3. The summed E-state index contributed by atoms with van der Waals surface area (Å²) in [5.41, 5.74) is 2.91. The van der Waals surface area contributed by atoms with Gasteiger partial charge in [-0.15, -0.1) is 0 Å². The summed E-state index contributed by atoms with van der Waals surface area (Å²) in [7, 11) is 0. The standard InChI is InChI=1S/C22H22N2O3S/c1-4-24-14(2)19(15(3)25)20(23-22(24)28)16-10-12-18(13-11-16)27-21(26)17-8-6-5-7-9-17/h5-13,20H,4H2,1-3H3,(H,23,28). The highest BCUT2D eigenvalue weighted by atomic mass is 32.1. The number of hydrogen-bond donors (Lipinski definition) is 1. The fourth-order valence-electron chi connectivity index (χ4n) is 3.34. The van der Waals surface area contributed by atoms with Crippen molar-refractivity contribution < 1.29 is 14.3 Å². The summed E-state index contributed by atoms with van der Waals surface area (Å²) in [6.45, 7) is 6.16. The fourth-order valence-corrected chi connectivity index (χ4v) is 3.72. The molecule has 1 N–H and O–H groups in total. The molecule has 28 heavy (non-hydrogen) atoms. The molecule has 0 spiro atoms. The third-order valence-corrected chi connectivity index (χ3v) is 5.06. The average molecular weight is 394 g/mol. The fraction of sp³-hybridized carbons (Fsp3) is 0.227. The topological polar surface area (TPSA) is 58.6 Å². The summed E-state index contributed by atoms with van der Waals surface area (Å²) in [6, 6.07) is 15.6. The second-order valence-corrected chi connectivity index (χ2v) is 6.89. The number of rotatable bonds is 5. The zero-order chi connectivity index (χ0) is 20.3. The predicted octanol–water partition coefficient (Wildman–Crippen LogP) is 4.02. The summed E-state index contributed by atoms with van der Waals surface area (Å²) in [5.74, 6) is 0.0239. The Balaban J connectivity index is 1.84. The number of nitrogens with zero attached hydrogens (tertiary/aromatic N) is 1. The SMILES string of the molecule is CCN1C(=S)NC(c2ccc(OC(=O)c3ccccc3)cc2)C(C(C)=O)=C1C. The van der Waals surface area contributed by atoms with E-state index >= 15 is 0 Å². The van der Waals surface area contributed by atoms with E-state index in [2.05, 4.69) is 5.32 Å². The summed E-state index contributed by atoms with van der Waals surface area (Å²) in [6.07, 6.45) is 0. The highest BCUT2D eigenvalue weighted by molar-refractivity contribution is 7.80. The van der Waals surface area contributed by atoms with Gasteiger partial charge in [-0.2, -0.15) is 0 Å². The molecular weight excluding hydrogens is 372 g/mol. The van der Waals surface area contributed by atoms with Gasteiger partial charge in [0.15, 0.2) is 10.9 Å². The van der Waals surface area contributed by atoms with Crippen molar-refractivity contribution in [3.05, 3.63) is 77.0 Å². The summed E-state index contributed by atoms with van der Waals surface area (Å²) >= 11 is 5.46. The van der Waals surface area contributed by atoms with Crippen LogP contribution >= 0.6 is 12.2 Å². The lowest BCUT2D eigenvalue weighted by atomic mass is 9.92. The maximum Gasteiger partial charge on any atom is 0.343 e. The Bertz CT molecular complexity index is 936. The molecule has 0 saturated carbocycles.